The molecule has 3 aliphatic rings. The molecule has 2 nitrogen and oxygen atoms in total. The van der Waals surface area contributed by atoms with Gasteiger partial charge in [-0.3, -0.25) is 0 Å². The van der Waals surface area contributed by atoms with Gasteiger partial charge in [-0.05, 0) is 96.6 Å². The molecule has 0 spiro atoms. The number of rotatable bonds is 3. The van der Waals surface area contributed by atoms with E-state index < -0.39 is 0 Å². The van der Waals surface area contributed by atoms with Crippen LogP contribution in [0, 0.1) is 0 Å². The highest BCUT2D eigenvalue weighted by Crippen LogP contribution is 2.56. The maximum Gasteiger partial charge on any atom is 0.333 e. The molecule has 3 aliphatic heterocycles. The second kappa shape index (κ2) is 12.1. The highest BCUT2D eigenvalue weighted by molar-refractivity contribution is 6.93. The lowest BCUT2D eigenvalue weighted by Gasteiger charge is -2.51. The fraction of sp³-hybridized carbons (Fsp3) is 0.208. The van der Waals surface area contributed by atoms with Crippen LogP contribution in [-0.4, -0.2) is 6.85 Å². The lowest BCUT2D eigenvalue weighted by molar-refractivity contribution is 0.590. The molecule has 3 heteroatoms. The average molecular weight is 725 g/mol. The Bertz CT molecular complexity index is 2700. The van der Waals surface area contributed by atoms with E-state index in [1.54, 1.807) is 0 Å². The molecule has 0 fully saturated rings. The van der Waals surface area contributed by atoms with E-state index >= 15 is 0 Å². The largest absolute Gasteiger partial charge is 0.376 e. The molecular formula is C53H49BN2. The predicted molar refractivity (Wildman–Crippen MR) is 241 cm³/mol. The number of hydrogen-bond donors (Lipinski definition) is 0. The van der Waals surface area contributed by atoms with E-state index in [0.717, 1.165) is 0 Å². The maximum absolute atomic E-state index is 2.70. The van der Waals surface area contributed by atoms with Gasteiger partial charge < -0.3 is 9.71 Å². The molecule has 3 heterocycles. The second-order valence-electron chi connectivity index (χ2n) is 18.6. The van der Waals surface area contributed by atoms with Gasteiger partial charge >= 0.3 is 6.85 Å². The summed E-state index contributed by atoms with van der Waals surface area (Å²) in [5.74, 6) is 0. The van der Waals surface area contributed by atoms with E-state index in [4.69, 9.17) is 0 Å². The molecule has 0 unspecified atom stereocenters. The standard InChI is InChI=1S/C53H49BN2/c1-51(2,3)37-27-29-45(40(31-37)35-20-13-10-14-21-35)55-47-30-36(34-18-11-9-12-19-34)26-28-44(47)54-49-41(32-38(33-48(49)55)52(4,5)6)39-22-17-24-43-50(39)56(54)46-25-16-15-23-42(46)53(43,7)8/h9-33H,1-8H3. The highest BCUT2D eigenvalue weighted by Gasteiger charge is 2.50. The summed E-state index contributed by atoms with van der Waals surface area (Å²) in [6.07, 6.45) is 0. The Balaban J connectivity index is 1.36. The predicted octanol–water partition coefficient (Wildman–Crippen LogP) is 13.0. The monoisotopic (exact) mass is 724 g/mol. The van der Waals surface area contributed by atoms with Crippen molar-refractivity contribution in [1.29, 1.82) is 0 Å². The van der Waals surface area contributed by atoms with Crippen molar-refractivity contribution in [3.63, 3.8) is 0 Å². The molecule has 10 rings (SSSR count). The number of hydrogen-bond acceptors (Lipinski definition) is 2. The Morgan fingerprint density at radius 2 is 1.09 bits per heavy atom. The summed E-state index contributed by atoms with van der Waals surface area (Å²) in [4.78, 5) is 5.32. The van der Waals surface area contributed by atoms with Gasteiger partial charge in [-0.15, -0.1) is 0 Å². The first-order valence-electron chi connectivity index (χ1n) is 20.2. The Kier molecular flexibility index (Phi) is 7.49. The van der Waals surface area contributed by atoms with Gasteiger partial charge in [0.2, 0.25) is 0 Å². The summed E-state index contributed by atoms with van der Waals surface area (Å²) >= 11 is 0. The molecule has 7 aromatic rings. The van der Waals surface area contributed by atoms with Crippen LogP contribution >= 0.6 is 0 Å². The van der Waals surface area contributed by atoms with Crippen LogP contribution in [0.3, 0.4) is 0 Å². The number of nitrogens with zero attached hydrogens (tertiary/aromatic N) is 2. The summed E-state index contributed by atoms with van der Waals surface area (Å²) in [5, 5.41) is 0. The van der Waals surface area contributed by atoms with E-state index in [1.165, 1.54) is 95.0 Å². The zero-order chi connectivity index (χ0) is 38.7. The zero-order valence-electron chi connectivity index (χ0n) is 33.9. The Morgan fingerprint density at radius 3 is 1.80 bits per heavy atom. The van der Waals surface area contributed by atoms with Gasteiger partial charge in [0, 0.05) is 39.3 Å². The van der Waals surface area contributed by atoms with Crippen molar-refractivity contribution in [2.24, 2.45) is 0 Å². The zero-order valence-corrected chi connectivity index (χ0v) is 33.9. The first-order chi connectivity index (χ1) is 26.8. The van der Waals surface area contributed by atoms with Crippen molar-refractivity contribution in [2.75, 3.05) is 9.71 Å². The van der Waals surface area contributed by atoms with Crippen molar-refractivity contribution < 1.29 is 0 Å². The maximum atomic E-state index is 2.70. The fourth-order valence-corrected chi connectivity index (χ4v) is 9.68. The Labute approximate surface area is 333 Å². The van der Waals surface area contributed by atoms with Crippen LogP contribution in [0.5, 0.6) is 0 Å². The van der Waals surface area contributed by atoms with Crippen molar-refractivity contribution in [2.45, 2.75) is 71.6 Å². The van der Waals surface area contributed by atoms with Crippen LogP contribution in [0.25, 0.3) is 33.4 Å². The van der Waals surface area contributed by atoms with Crippen molar-refractivity contribution in [1.82, 2.24) is 0 Å². The number of benzene rings is 7. The molecule has 0 saturated carbocycles. The van der Waals surface area contributed by atoms with Crippen molar-refractivity contribution in [3.8, 4) is 33.4 Å². The number of fused-ring (bicyclic) bond motifs is 6. The first-order valence-corrected chi connectivity index (χ1v) is 20.2. The molecule has 0 saturated heterocycles. The van der Waals surface area contributed by atoms with Gasteiger partial charge in [0.05, 0.1) is 5.69 Å². The SMILES string of the molecule is CC(C)(C)c1ccc(N2c3cc(-c4ccccc4)ccc3B3c4c(cc(C(C)(C)C)cc42)-c2cccc4c2N3c2ccccc2C4(C)C)c(-c2ccccc2)c1. The number of anilines is 5. The normalized spacial score (nSPS) is 14.8. The Morgan fingerprint density at radius 1 is 0.446 bits per heavy atom. The minimum atomic E-state index is -0.152. The van der Waals surface area contributed by atoms with Gasteiger partial charge in [-0.25, -0.2) is 0 Å². The van der Waals surface area contributed by atoms with Crippen LogP contribution < -0.4 is 20.6 Å². The quantitative estimate of drug-likeness (QED) is 0.167. The molecule has 0 aromatic heterocycles. The molecule has 0 radical (unpaired) electrons. The van der Waals surface area contributed by atoms with Gasteiger partial charge in [0.15, 0.2) is 0 Å². The fourth-order valence-electron chi connectivity index (χ4n) is 9.68. The molecule has 0 N–H and O–H groups in total. The van der Waals surface area contributed by atoms with Crippen LogP contribution in [0.4, 0.5) is 28.4 Å². The summed E-state index contributed by atoms with van der Waals surface area (Å²) in [6, 6.07) is 57.5. The van der Waals surface area contributed by atoms with Gasteiger partial charge in [0.1, 0.15) is 0 Å². The minimum absolute atomic E-state index is 0.00436. The van der Waals surface area contributed by atoms with Crippen LogP contribution in [0.2, 0.25) is 0 Å². The topological polar surface area (TPSA) is 6.48 Å². The van der Waals surface area contributed by atoms with E-state index in [-0.39, 0.29) is 23.1 Å². The molecule has 0 amide bonds. The van der Waals surface area contributed by atoms with E-state index in [9.17, 15) is 0 Å². The molecule has 7 aromatic carbocycles. The Hall–Kier alpha value is -5.80. The second-order valence-corrected chi connectivity index (χ2v) is 18.6. The van der Waals surface area contributed by atoms with E-state index in [1.807, 2.05) is 0 Å². The number of para-hydroxylation sites is 2. The molecule has 274 valence electrons. The molecule has 0 atom stereocenters. The lowest BCUT2D eigenvalue weighted by atomic mass is 9.42. The molecule has 0 aliphatic carbocycles. The van der Waals surface area contributed by atoms with Crippen LogP contribution in [0.15, 0.2) is 152 Å². The van der Waals surface area contributed by atoms with Crippen LogP contribution in [-0.2, 0) is 16.2 Å². The molecule has 56 heavy (non-hydrogen) atoms. The summed E-state index contributed by atoms with van der Waals surface area (Å²) in [5.41, 5.74) is 21.8. The third-order valence-corrected chi connectivity index (χ3v) is 12.7. The van der Waals surface area contributed by atoms with Gasteiger partial charge in [-0.1, -0.05) is 177 Å². The summed E-state index contributed by atoms with van der Waals surface area (Å²) in [7, 11) is 0. The molecule has 0 bridgehead atoms. The van der Waals surface area contributed by atoms with Crippen LogP contribution in [0.1, 0.15) is 77.6 Å². The third-order valence-electron chi connectivity index (χ3n) is 12.7. The minimum Gasteiger partial charge on any atom is -0.376 e. The summed E-state index contributed by atoms with van der Waals surface area (Å²) in [6.45, 7) is 18.8. The first kappa shape index (κ1) is 34.7. The molecular weight excluding hydrogens is 675 g/mol. The third kappa shape index (κ3) is 5.09. The van der Waals surface area contributed by atoms with Crippen molar-refractivity contribution in [3.05, 3.63) is 174 Å². The average Bonchev–Trinajstić information content (AvgIpc) is 3.20. The van der Waals surface area contributed by atoms with Gasteiger partial charge in [0.25, 0.3) is 0 Å². The van der Waals surface area contributed by atoms with E-state index in [0.29, 0.717) is 0 Å². The highest BCUT2D eigenvalue weighted by atomic mass is 15.2. The lowest BCUT2D eigenvalue weighted by Crippen LogP contribution is -2.63. The summed E-state index contributed by atoms with van der Waals surface area (Å²) < 4.78 is 0. The van der Waals surface area contributed by atoms with Crippen molar-refractivity contribution >= 4 is 46.2 Å². The van der Waals surface area contributed by atoms with E-state index in [2.05, 4.69) is 217 Å². The van der Waals surface area contributed by atoms with Gasteiger partial charge in [-0.2, -0.15) is 0 Å². The smallest absolute Gasteiger partial charge is 0.333 e.